The molecule has 0 aromatic heterocycles. The molecule has 2 nitrogen and oxygen atoms in total. The molecular weight excluding hydrogens is 216 g/mol. The predicted molar refractivity (Wildman–Crippen MR) is 69.5 cm³/mol. The number of rotatable bonds is 5. The predicted octanol–water partition coefficient (Wildman–Crippen LogP) is 2.94. The van der Waals surface area contributed by atoms with E-state index in [1.54, 1.807) is 0 Å². The van der Waals surface area contributed by atoms with Gasteiger partial charge in [0.05, 0.1) is 6.07 Å². The summed E-state index contributed by atoms with van der Waals surface area (Å²) in [5.74, 6) is 0. The Hall–Kier alpha value is -0.200. The third-order valence-electron chi connectivity index (χ3n) is 4.14. The van der Waals surface area contributed by atoms with E-state index in [-0.39, 0.29) is 0 Å². The molecule has 0 aromatic carbocycles. The highest BCUT2D eigenvalue weighted by Gasteiger charge is 2.42. The van der Waals surface area contributed by atoms with Crippen molar-refractivity contribution in [2.45, 2.75) is 56.2 Å². The van der Waals surface area contributed by atoms with Gasteiger partial charge >= 0.3 is 0 Å². The molecule has 0 spiro atoms. The van der Waals surface area contributed by atoms with Gasteiger partial charge in [-0.1, -0.05) is 6.42 Å². The fourth-order valence-electron chi connectivity index (χ4n) is 2.67. The van der Waals surface area contributed by atoms with Gasteiger partial charge in [-0.3, -0.25) is 0 Å². The van der Waals surface area contributed by atoms with Gasteiger partial charge in [-0.25, -0.2) is 0 Å². The van der Waals surface area contributed by atoms with E-state index >= 15 is 0 Å². The SMILES string of the molecule is CSC1CCCC(NCC2(CC#N)CC2)C1. The van der Waals surface area contributed by atoms with Crippen LogP contribution in [0.25, 0.3) is 0 Å². The van der Waals surface area contributed by atoms with Gasteiger partial charge in [-0.15, -0.1) is 0 Å². The monoisotopic (exact) mass is 238 g/mol. The normalized spacial score (nSPS) is 32.0. The molecule has 2 atom stereocenters. The Kier molecular flexibility index (Phi) is 4.16. The minimum Gasteiger partial charge on any atom is -0.313 e. The molecule has 2 aliphatic rings. The summed E-state index contributed by atoms with van der Waals surface area (Å²) in [4.78, 5) is 0. The maximum absolute atomic E-state index is 8.78. The van der Waals surface area contributed by atoms with E-state index in [0.29, 0.717) is 11.5 Å². The molecule has 0 saturated heterocycles. The summed E-state index contributed by atoms with van der Waals surface area (Å²) >= 11 is 2.02. The van der Waals surface area contributed by atoms with Crippen molar-refractivity contribution in [2.24, 2.45) is 5.41 Å². The van der Waals surface area contributed by atoms with Gasteiger partial charge in [0.25, 0.3) is 0 Å². The Bertz CT molecular complexity index is 268. The van der Waals surface area contributed by atoms with Crippen molar-refractivity contribution in [3.05, 3.63) is 0 Å². The summed E-state index contributed by atoms with van der Waals surface area (Å²) in [6.45, 7) is 1.08. The van der Waals surface area contributed by atoms with E-state index in [0.717, 1.165) is 18.2 Å². The lowest BCUT2D eigenvalue weighted by Gasteiger charge is -2.30. The molecule has 16 heavy (non-hydrogen) atoms. The first-order chi connectivity index (χ1) is 7.78. The summed E-state index contributed by atoms with van der Waals surface area (Å²) in [6, 6.07) is 3.04. The number of hydrogen-bond donors (Lipinski definition) is 1. The largest absolute Gasteiger partial charge is 0.313 e. The van der Waals surface area contributed by atoms with Crippen LogP contribution < -0.4 is 5.32 Å². The molecule has 0 amide bonds. The van der Waals surface area contributed by atoms with Crippen LogP contribution in [0.5, 0.6) is 0 Å². The molecule has 0 aromatic rings. The lowest BCUT2D eigenvalue weighted by Crippen LogP contribution is -2.38. The summed E-state index contributed by atoms with van der Waals surface area (Å²) < 4.78 is 0. The van der Waals surface area contributed by atoms with Gasteiger partial charge in [0, 0.05) is 24.3 Å². The van der Waals surface area contributed by atoms with Crippen molar-refractivity contribution in [2.75, 3.05) is 12.8 Å². The van der Waals surface area contributed by atoms with Crippen LogP contribution in [0.1, 0.15) is 44.9 Å². The molecule has 1 N–H and O–H groups in total. The third-order valence-corrected chi connectivity index (χ3v) is 5.23. The second kappa shape index (κ2) is 5.42. The smallest absolute Gasteiger partial charge is 0.0628 e. The number of hydrogen-bond acceptors (Lipinski definition) is 3. The highest BCUT2D eigenvalue weighted by atomic mass is 32.2. The first-order valence-electron chi connectivity index (χ1n) is 6.41. The minimum atomic E-state index is 0.362. The second-order valence-electron chi connectivity index (χ2n) is 5.44. The van der Waals surface area contributed by atoms with Crippen LogP contribution in [0.15, 0.2) is 0 Å². The van der Waals surface area contributed by atoms with Crippen LogP contribution in [0.3, 0.4) is 0 Å². The molecular formula is C13H22N2S. The summed E-state index contributed by atoms with van der Waals surface area (Å²) in [5, 5.41) is 13.3. The molecule has 2 saturated carbocycles. The standard InChI is InChI=1S/C13H22N2S/c1-16-12-4-2-3-11(9-12)15-10-13(5-6-13)7-8-14/h11-12,15H,2-7,9-10H2,1H3. The Morgan fingerprint density at radius 1 is 1.44 bits per heavy atom. The van der Waals surface area contributed by atoms with Crippen LogP contribution >= 0.6 is 11.8 Å². The van der Waals surface area contributed by atoms with Crippen molar-refractivity contribution in [3.8, 4) is 6.07 Å². The van der Waals surface area contributed by atoms with Gasteiger partial charge in [0.15, 0.2) is 0 Å². The molecule has 2 fully saturated rings. The first kappa shape index (κ1) is 12.3. The number of nitrogens with zero attached hydrogens (tertiary/aromatic N) is 1. The molecule has 2 rings (SSSR count). The Morgan fingerprint density at radius 3 is 2.88 bits per heavy atom. The molecule has 2 unspecified atom stereocenters. The lowest BCUT2D eigenvalue weighted by molar-refractivity contribution is 0.345. The molecule has 2 aliphatic carbocycles. The van der Waals surface area contributed by atoms with E-state index in [1.165, 1.54) is 38.5 Å². The molecule has 90 valence electrons. The zero-order valence-corrected chi connectivity index (χ0v) is 11.0. The topological polar surface area (TPSA) is 35.8 Å². The fourth-order valence-corrected chi connectivity index (χ4v) is 3.49. The zero-order valence-electron chi connectivity index (χ0n) is 10.2. The Morgan fingerprint density at radius 2 is 2.25 bits per heavy atom. The Balaban J connectivity index is 1.71. The average Bonchev–Trinajstić information content (AvgIpc) is 3.08. The summed E-state index contributed by atoms with van der Waals surface area (Å²) in [6.07, 6.45) is 10.9. The Labute approximate surface area is 103 Å². The molecule has 3 heteroatoms. The van der Waals surface area contributed by atoms with Gasteiger partial charge < -0.3 is 5.32 Å². The quantitative estimate of drug-likeness (QED) is 0.800. The van der Waals surface area contributed by atoms with Crippen molar-refractivity contribution >= 4 is 11.8 Å². The van der Waals surface area contributed by atoms with Crippen LogP contribution in [0, 0.1) is 16.7 Å². The average molecular weight is 238 g/mol. The number of thioether (sulfide) groups is 1. The minimum absolute atomic E-state index is 0.362. The van der Waals surface area contributed by atoms with Crippen LogP contribution in [-0.2, 0) is 0 Å². The highest BCUT2D eigenvalue weighted by Crippen LogP contribution is 2.48. The highest BCUT2D eigenvalue weighted by molar-refractivity contribution is 7.99. The van der Waals surface area contributed by atoms with E-state index < -0.39 is 0 Å². The molecule has 0 radical (unpaired) electrons. The molecule has 0 bridgehead atoms. The van der Waals surface area contributed by atoms with E-state index in [1.807, 2.05) is 11.8 Å². The maximum Gasteiger partial charge on any atom is 0.0628 e. The van der Waals surface area contributed by atoms with Crippen molar-refractivity contribution < 1.29 is 0 Å². The van der Waals surface area contributed by atoms with Crippen molar-refractivity contribution in [1.82, 2.24) is 5.32 Å². The van der Waals surface area contributed by atoms with Gasteiger partial charge in [0.2, 0.25) is 0 Å². The van der Waals surface area contributed by atoms with Crippen LogP contribution in [0.4, 0.5) is 0 Å². The number of nitriles is 1. The molecule has 0 aliphatic heterocycles. The van der Waals surface area contributed by atoms with Crippen LogP contribution in [-0.4, -0.2) is 24.1 Å². The van der Waals surface area contributed by atoms with Crippen molar-refractivity contribution in [1.29, 1.82) is 5.26 Å². The lowest BCUT2D eigenvalue weighted by atomic mass is 9.94. The van der Waals surface area contributed by atoms with E-state index in [4.69, 9.17) is 5.26 Å². The van der Waals surface area contributed by atoms with Gasteiger partial charge in [-0.2, -0.15) is 17.0 Å². The van der Waals surface area contributed by atoms with Crippen molar-refractivity contribution in [3.63, 3.8) is 0 Å². The zero-order chi connectivity index (χ0) is 11.4. The van der Waals surface area contributed by atoms with E-state index in [2.05, 4.69) is 17.6 Å². The molecule has 0 heterocycles. The first-order valence-corrected chi connectivity index (χ1v) is 7.70. The van der Waals surface area contributed by atoms with E-state index in [9.17, 15) is 0 Å². The third kappa shape index (κ3) is 3.15. The van der Waals surface area contributed by atoms with Gasteiger partial charge in [-0.05, 0) is 43.8 Å². The fraction of sp³-hybridized carbons (Fsp3) is 0.923. The van der Waals surface area contributed by atoms with Gasteiger partial charge in [0.1, 0.15) is 0 Å². The second-order valence-corrected chi connectivity index (χ2v) is 6.58. The number of nitrogens with one attached hydrogen (secondary N) is 1. The maximum atomic E-state index is 8.78. The summed E-state index contributed by atoms with van der Waals surface area (Å²) in [5.41, 5.74) is 0.362. The summed E-state index contributed by atoms with van der Waals surface area (Å²) in [7, 11) is 0. The van der Waals surface area contributed by atoms with Crippen LogP contribution in [0.2, 0.25) is 0 Å².